The largest absolute Gasteiger partial charge is 0.446 e. The van der Waals surface area contributed by atoms with Gasteiger partial charge in [-0.05, 0) is 42.3 Å². The van der Waals surface area contributed by atoms with Gasteiger partial charge in [0.1, 0.15) is 6.10 Å². The van der Waals surface area contributed by atoms with Gasteiger partial charge in [-0.3, -0.25) is 4.79 Å². The summed E-state index contributed by atoms with van der Waals surface area (Å²) in [7, 11) is 1.53. The fourth-order valence-electron chi connectivity index (χ4n) is 5.33. The molecule has 1 fully saturated rings. The van der Waals surface area contributed by atoms with Crippen molar-refractivity contribution in [1.82, 2.24) is 9.88 Å². The molecule has 3 aromatic rings. The maximum absolute atomic E-state index is 13.8. The summed E-state index contributed by atoms with van der Waals surface area (Å²) in [5.41, 5.74) is 3.27. The van der Waals surface area contributed by atoms with Crippen LogP contribution in [-0.2, 0) is 28.0 Å². The molecular formula is C26H25ClN4O3. The molecule has 0 atom stereocenters. The van der Waals surface area contributed by atoms with Crippen LogP contribution in [0.2, 0.25) is 5.02 Å². The van der Waals surface area contributed by atoms with Crippen LogP contribution in [0.5, 0.6) is 0 Å². The van der Waals surface area contributed by atoms with Gasteiger partial charge in [0.15, 0.2) is 0 Å². The van der Waals surface area contributed by atoms with E-state index in [-0.39, 0.29) is 12.0 Å². The summed E-state index contributed by atoms with van der Waals surface area (Å²) in [4.78, 5) is 27.3. The molecule has 1 saturated carbocycles. The van der Waals surface area contributed by atoms with Crippen molar-refractivity contribution in [3.05, 3.63) is 64.8 Å². The number of ether oxygens (including phenoxy) is 1. The number of anilines is 1. The van der Waals surface area contributed by atoms with Gasteiger partial charge >= 0.3 is 6.09 Å². The van der Waals surface area contributed by atoms with E-state index in [1.165, 1.54) is 7.05 Å². The predicted octanol–water partition coefficient (Wildman–Crippen LogP) is 4.90. The van der Waals surface area contributed by atoms with Gasteiger partial charge in [-0.2, -0.15) is 5.26 Å². The summed E-state index contributed by atoms with van der Waals surface area (Å²) < 4.78 is 7.58. The van der Waals surface area contributed by atoms with E-state index in [0.29, 0.717) is 37.4 Å². The molecule has 0 saturated heterocycles. The number of carbonyl (C=O) groups is 2. The van der Waals surface area contributed by atoms with Crippen molar-refractivity contribution in [3.8, 4) is 6.07 Å². The van der Waals surface area contributed by atoms with E-state index in [1.54, 1.807) is 0 Å². The highest BCUT2D eigenvalue weighted by Gasteiger charge is 2.59. The third kappa shape index (κ3) is 3.59. The minimum Gasteiger partial charge on any atom is -0.446 e. The van der Waals surface area contributed by atoms with Gasteiger partial charge in [0, 0.05) is 60.2 Å². The Morgan fingerprint density at radius 1 is 1.26 bits per heavy atom. The summed E-state index contributed by atoms with van der Waals surface area (Å²) in [5.74, 6) is 0.0392. The maximum Gasteiger partial charge on any atom is 0.407 e. The van der Waals surface area contributed by atoms with E-state index in [9.17, 15) is 9.59 Å². The second-order valence-corrected chi connectivity index (χ2v) is 9.36. The number of rotatable bonds is 6. The molecule has 1 N–H and O–H groups in total. The van der Waals surface area contributed by atoms with Crippen LogP contribution in [-0.4, -0.2) is 29.7 Å². The van der Waals surface area contributed by atoms with Crippen LogP contribution in [0.1, 0.15) is 36.9 Å². The van der Waals surface area contributed by atoms with Crippen molar-refractivity contribution in [2.24, 2.45) is 0 Å². The lowest BCUT2D eigenvalue weighted by Gasteiger charge is -2.43. The second kappa shape index (κ2) is 8.69. The van der Waals surface area contributed by atoms with Crippen LogP contribution in [0, 0.1) is 11.3 Å². The number of nitrogens with one attached hydrogen (secondary N) is 1. The number of nitrogens with zero attached hydrogens (tertiary/aromatic N) is 3. The normalized spacial score (nSPS) is 20.8. The topological polar surface area (TPSA) is 87.4 Å². The monoisotopic (exact) mass is 476 g/mol. The quantitative estimate of drug-likeness (QED) is 0.512. The molecule has 0 radical (unpaired) electrons. The number of para-hydroxylation sites is 1. The number of amides is 2. The van der Waals surface area contributed by atoms with Crippen LogP contribution in [0.4, 0.5) is 10.5 Å². The molecule has 5 rings (SSSR count). The van der Waals surface area contributed by atoms with Crippen molar-refractivity contribution in [3.63, 3.8) is 0 Å². The molecule has 0 bridgehead atoms. The maximum atomic E-state index is 13.8. The Balaban J connectivity index is 1.47. The summed E-state index contributed by atoms with van der Waals surface area (Å²) in [5, 5.41) is 13.1. The average Bonchev–Trinajstić information content (AvgIpc) is 3.26. The van der Waals surface area contributed by atoms with E-state index in [1.807, 2.05) is 47.4 Å². The molecular weight excluding hydrogens is 452 g/mol. The highest BCUT2D eigenvalue weighted by Crippen LogP contribution is 2.54. The first-order valence-corrected chi connectivity index (χ1v) is 11.8. The summed E-state index contributed by atoms with van der Waals surface area (Å²) >= 11 is 6.23. The zero-order valence-electron chi connectivity index (χ0n) is 18.9. The van der Waals surface area contributed by atoms with Crippen molar-refractivity contribution in [1.29, 1.82) is 5.26 Å². The smallest absolute Gasteiger partial charge is 0.407 e. The Bertz CT molecular complexity index is 1320. The number of hydrogen-bond donors (Lipinski definition) is 1. The van der Waals surface area contributed by atoms with Gasteiger partial charge in [-0.1, -0.05) is 29.8 Å². The van der Waals surface area contributed by atoms with Crippen LogP contribution in [0.15, 0.2) is 48.5 Å². The number of halogens is 1. The SMILES string of the molecule is CNC(=O)OC1CC2(C1)C(=O)N(Cc1cc3cc(Cl)ccc3n1CCCC#N)c1ccccc12. The molecule has 174 valence electrons. The van der Waals surface area contributed by atoms with Gasteiger partial charge in [0.2, 0.25) is 5.91 Å². The number of carbonyl (C=O) groups excluding carboxylic acids is 2. The standard InChI is InChI=1S/C26H25ClN4O3/c1-29-25(33)34-20-14-26(15-20)21-6-2-3-7-23(21)31(24(26)32)16-19-13-17-12-18(27)8-9-22(17)30(19)11-5-4-10-28/h2-3,6-9,12-13,20H,4-5,11,14-16H2,1H3,(H,29,33). The number of benzene rings is 2. The Morgan fingerprint density at radius 2 is 2.06 bits per heavy atom. The molecule has 2 heterocycles. The number of hydrogen-bond acceptors (Lipinski definition) is 4. The van der Waals surface area contributed by atoms with Crippen molar-refractivity contribution >= 4 is 40.2 Å². The van der Waals surface area contributed by atoms with E-state index in [2.05, 4.69) is 22.0 Å². The first kappa shape index (κ1) is 22.3. The third-order valence-electron chi connectivity index (χ3n) is 6.93. The first-order chi connectivity index (χ1) is 16.5. The molecule has 0 unspecified atom stereocenters. The Morgan fingerprint density at radius 3 is 2.82 bits per heavy atom. The lowest BCUT2D eigenvalue weighted by atomic mass is 9.63. The second-order valence-electron chi connectivity index (χ2n) is 8.93. The average molecular weight is 477 g/mol. The Labute approximate surface area is 202 Å². The molecule has 2 aliphatic rings. The summed E-state index contributed by atoms with van der Waals surface area (Å²) in [6.45, 7) is 1.10. The molecule has 1 aliphatic carbocycles. The van der Waals surface area contributed by atoms with Gasteiger partial charge in [-0.15, -0.1) is 0 Å². The van der Waals surface area contributed by atoms with Crippen molar-refractivity contribution in [2.75, 3.05) is 11.9 Å². The summed E-state index contributed by atoms with van der Waals surface area (Å²) in [6, 6.07) is 17.9. The van der Waals surface area contributed by atoms with E-state index >= 15 is 0 Å². The fourth-order valence-corrected chi connectivity index (χ4v) is 5.51. The van der Waals surface area contributed by atoms with Crippen LogP contribution >= 0.6 is 11.6 Å². The number of nitriles is 1. The van der Waals surface area contributed by atoms with Crippen LogP contribution < -0.4 is 10.2 Å². The number of aromatic nitrogens is 1. The zero-order valence-corrected chi connectivity index (χ0v) is 19.6. The van der Waals surface area contributed by atoms with Gasteiger partial charge in [-0.25, -0.2) is 4.79 Å². The first-order valence-electron chi connectivity index (χ1n) is 11.4. The number of unbranched alkanes of at least 4 members (excludes halogenated alkanes) is 1. The summed E-state index contributed by atoms with van der Waals surface area (Å²) in [6.07, 6.45) is 1.39. The molecule has 2 amide bonds. The van der Waals surface area contributed by atoms with Crippen molar-refractivity contribution in [2.45, 2.75) is 50.3 Å². The Hall–Kier alpha value is -3.50. The lowest BCUT2D eigenvalue weighted by Crippen LogP contribution is -2.53. The molecule has 34 heavy (non-hydrogen) atoms. The minimum absolute atomic E-state index is 0.0392. The number of fused-ring (bicyclic) bond motifs is 3. The minimum atomic E-state index is -0.657. The molecule has 1 aliphatic heterocycles. The van der Waals surface area contributed by atoms with Crippen molar-refractivity contribution < 1.29 is 14.3 Å². The van der Waals surface area contributed by atoms with Gasteiger partial charge in [0.25, 0.3) is 0 Å². The predicted molar refractivity (Wildman–Crippen MR) is 130 cm³/mol. The molecule has 7 nitrogen and oxygen atoms in total. The molecule has 1 aromatic heterocycles. The molecule has 8 heteroatoms. The van der Waals surface area contributed by atoms with E-state index < -0.39 is 11.5 Å². The number of alkyl carbamates (subject to hydrolysis) is 1. The number of aryl methyl sites for hydroxylation is 1. The molecule has 1 spiro atoms. The fraction of sp³-hybridized carbons (Fsp3) is 0.346. The van der Waals surface area contributed by atoms with Crippen LogP contribution in [0.3, 0.4) is 0 Å². The molecule has 2 aromatic carbocycles. The highest BCUT2D eigenvalue weighted by atomic mass is 35.5. The van der Waals surface area contributed by atoms with E-state index in [4.69, 9.17) is 21.6 Å². The van der Waals surface area contributed by atoms with Gasteiger partial charge in [0.05, 0.1) is 18.0 Å². The zero-order chi connectivity index (χ0) is 23.9. The van der Waals surface area contributed by atoms with Gasteiger partial charge < -0.3 is 19.5 Å². The highest BCUT2D eigenvalue weighted by molar-refractivity contribution is 6.31. The third-order valence-corrected chi connectivity index (χ3v) is 7.17. The Kier molecular flexibility index (Phi) is 5.70. The van der Waals surface area contributed by atoms with E-state index in [0.717, 1.165) is 34.3 Å². The van der Waals surface area contributed by atoms with Crippen LogP contribution in [0.25, 0.3) is 10.9 Å². The lowest BCUT2D eigenvalue weighted by molar-refractivity contribution is -0.131.